The van der Waals surface area contributed by atoms with Gasteiger partial charge < -0.3 is 9.47 Å². The highest BCUT2D eigenvalue weighted by molar-refractivity contribution is 5.29. The first-order chi connectivity index (χ1) is 12.5. The molecular formula is C19H15F5O2. The molecule has 0 unspecified atom stereocenters. The van der Waals surface area contributed by atoms with Gasteiger partial charge in [-0.25, -0.2) is 22.0 Å². The molecule has 0 N–H and O–H groups in total. The average Bonchev–Trinajstić information content (AvgIpc) is 3.11. The number of fused-ring (bicyclic) bond motifs is 1. The lowest BCUT2D eigenvalue weighted by atomic mass is 9.77. The lowest BCUT2D eigenvalue weighted by Gasteiger charge is -2.36. The Bertz CT molecular complexity index is 797. The number of halogens is 5. The summed E-state index contributed by atoms with van der Waals surface area (Å²) in [7, 11) is 0. The van der Waals surface area contributed by atoms with Crippen LogP contribution in [0.5, 0.6) is 0 Å². The van der Waals surface area contributed by atoms with Gasteiger partial charge in [-0.15, -0.1) is 0 Å². The van der Waals surface area contributed by atoms with Crippen LogP contribution in [0.1, 0.15) is 29.8 Å². The van der Waals surface area contributed by atoms with Gasteiger partial charge in [0.2, 0.25) is 5.82 Å². The van der Waals surface area contributed by atoms with Gasteiger partial charge in [-0.05, 0) is 17.9 Å². The Kier molecular flexibility index (Phi) is 4.44. The fourth-order valence-electron chi connectivity index (χ4n) is 3.94. The van der Waals surface area contributed by atoms with Crippen LogP contribution in [-0.2, 0) is 9.47 Å². The van der Waals surface area contributed by atoms with Gasteiger partial charge in [0.25, 0.3) is 0 Å². The normalized spacial score (nSPS) is 28.2. The zero-order valence-corrected chi connectivity index (χ0v) is 13.5. The molecule has 2 aromatic rings. The Hall–Kier alpha value is -1.99. The molecule has 26 heavy (non-hydrogen) atoms. The van der Waals surface area contributed by atoms with E-state index in [4.69, 9.17) is 9.47 Å². The van der Waals surface area contributed by atoms with Crippen molar-refractivity contribution >= 4 is 0 Å². The van der Waals surface area contributed by atoms with Crippen LogP contribution in [0.4, 0.5) is 22.0 Å². The second-order valence-corrected chi connectivity index (χ2v) is 6.57. The molecule has 2 nitrogen and oxygen atoms in total. The molecule has 7 heteroatoms. The molecule has 0 amide bonds. The smallest absolute Gasteiger partial charge is 0.200 e. The first-order valence-corrected chi connectivity index (χ1v) is 8.30. The Balaban J connectivity index is 1.81. The van der Waals surface area contributed by atoms with Gasteiger partial charge >= 0.3 is 0 Å². The molecule has 0 radical (unpaired) electrons. The summed E-state index contributed by atoms with van der Waals surface area (Å²) in [6.07, 6.45) is -1.22. The zero-order chi connectivity index (χ0) is 18.4. The van der Waals surface area contributed by atoms with Crippen LogP contribution in [0.3, 0.4) is 0 Å². The minimum Gasteiger partial charge on any atom is -0.373 e. The second-order valence-electron chi connectivity index (χ2n) is 6.57. The Morgan fingerprint density at radius 3 is 2.00 bits per heavy atom. The topological polar surface area (TPSA) is 18.5 Å². The third kappa shape index (κ3) is 2.61. The average molecular weight is 370 g/mol. The summed E-state index contributed by atoms with van der Waals surface area (Å²) in [6.45, 7) is 0.510. The SMILES string of the molecule is Fc1c(F)c(F)c([C@H]2OCC[C@H]3CO[C@@H](c4ccccc4)[C@@H]32)c(F)c1F. The van der Waals surface area contributed by atoms with Crippen molar-refractivity contribution in [3.05, 3.63) is 70.5 Å². The summed E-state index contributed by atoms with van der Waals surface area (Å²) >= 11 is 0. The molecule has 2 fully saturated rings. The van der Waals surface area contributed by atoms with Gasteiger partial charge in [0.15, 0.2) is 23.3 Å². The molecule has 138 valence electrons. The molecule has 4 atom stereocenters. The third-order valence-corrected chi connectivity index (χ3v) is 5.18. The molecule has 0 aliphatic carbocycles. The standard InChI is InChI=1S/C19H15F5O2/c20-13-12(14(21)16(23)17(24)15(13)22)19-11-10(6-7-25-19)8-26-18(11)9-4-2-1-3-5-9/h1-5,10-11,18-19H,6-8H2/t10-,11+,18-,19-/m0/s1. The maximum absolute atomic E-state index is 14.3. The van der Waals surface area contributed by atoms with E-state index in [0.29, 0.717) is 13.0 Å². The van der Waals surface area contributed by atoms with Gasteiger partial charge in [-0.2, -0.15) is 0 Å². The van der Waals surface area contributed by atoms with Crippen molar-refractivity contribution < 1.29 is 31.4 Å². The van der Waals surface area contributed by atoms with Gasteiger partial charge in [0.1, 0.15) is 0 Å². The van der Waals surface area contributed by atoms with Crippen LogP contribution >= 0.6 is 0 Å². The lowest BCUT2D eigenvalue weighted by Crippen LogP contribution is -2.33. The minimum absolute atomic E-state index is 0.0890. The predicted molar refractivity (Wildman–Crippen MR) is 81.7 cm³/mol. The molecule has 0 bridgehead atoms. The largest absolute Gasteiger partial charge is 0.373 e. The van der Waals surface area contributed by atoms with Crippen molar-refractivity contribution in [2.45, 2.75) is 18.6 Å². The zero-order valence-electron chi connectivity index (χ0n) is 13.5. The van der Waals surface area contributed by atoms with Crippen molar-refractivity contribution in [2.24, 2.45) is 11.8 Å². The van der Waals surface area contributed by atoms with Gasteiger partial charge in [-0.3, -0.25) is 0 Å². The van der Waals surface area contributed by atoms with Gasteiger partial charge in [0, 0.05) is 12.5 Å². The van der Waals surface area contributed by atoms with E-state index in [1.807, 2.05) is 6.07 Å². The number of ether oxygens (including phenoxy) is 2. The summed E-state index contributed by atoms with van der Waals surface area (Å²) in [5.41, 5.74) is -0.137. The van der Waals surface area contributed by atoms with Crippen LogP contribution in [0.2, 0.25) is 0 Å². The van der Waals surface area contributed by atoms with Crippen LogP contribution in [0, 0.1) is 40.9 Å². The maximum Gasteiger partial charge on any atom is 0.200 e. The Labute approximate surface area is 146 Å². The van der Waals surface area contributed by atoms with E-state index in [-0.39, 0.29) is 12.5 Å². The van der Waals surface area contributed by atoms with E-state index < -0.39 is 52.8 Å². The number of hydrogen-bond acceptors (Lipinski definition) is 2. The fourth-order valence-corrected chi connectivity index (χ4v) is 3.94. The molecule has 2 aliphatic heterocycles. The van der Waals surface area contributed by atoms with Gasteiger partial charge in [0.05, 0.1) is 24.4 Å². The molecule has 2 aromatic carbocycles. The number of benzene rings is 2. The lowest BCUT2D eigenvalue weighted by molar-refractivity contribution is -0.0645. The first-order valence-electron chi connectivity index (χ1n) is 8.30. The molecular weight excluding hydrogens is 355 g/mol. The molecule has 2 aliphatic rings. The van der Waals surface area contributed by atoms with E-state index >= 15 is 0 Å². The maximum atomic E-state index is 14.3. The monoisotopic (exact) mass is 370 g/mol. The van der Waals surface area contributed by atoms with Crippen molar-refractivity contribution in [1.82, 2.24) is 0 Å². The summed E-state index contributed by atoms with van der Waals surface area (Å²) in [5, 5.41) is 0. The van der Waals surface area contributed by atoms with Crippen LogP contribution < -0.4 is 0 Å². The van der Waals surface area contributed by atoms with E-state index in [2.05, 4.69) is 0 Å². The first kappa shape index (κ1) is 17.4. The molecule has 0 saturated carbocycles. The van der Waals surface area contributed by atoms with Crippen molar-refractivity contribution in [3.63, 3.8) is 0 Å². The number of rotatable bonds is 2. The van der Waals surface area contributed by atoms with Crippen LogP contribution in [0.25, 0.3) is 0 Å². The van der Waals surface area contributed by atoms with E-state index in [1.165, 1.54) is 0 Å². The highest BCUT2D eigenvalue weighted by Crippen LogP contribution is 2.51. The Morgan fingerprint density at radius 2 is 1.35 bits per heavy atom. The van der Waals surface area contributed by atoms with E-state index in [1.54, 1.807) is 24.3 Å². The third-order valence-electron chi connectivity index (χ3n) is 5.18. The fraction of sp³-hybridized carbons (Fsp3) is 0.368. The molecule has 2 saturated heterocycles. The van der Waals surface area contributed by atoms with Crippen LogP contribution in [-0.4, -0.2) is 13.2 Å². The van der Waals surface area contributed by atoms with Crippen molar-refractivity contribution in [3.8, 4) is 0 Å². The van der Waals surface area contributed by atoms with E-state index in [0.717, 1.165) is 5.56 Å². The minimum atomic E-state index is -2.17. The van der Waals surface area contributed by atoms with Crippen molar-refractivity contribution in [2.75, 3.05) is 13.2 Å². The van der Waals surface area contributed by atoms with Crippen molar-refractivity contribution in [1.29, 1.82) is 0 Å². The molecule has 2 heterocycles. The second kappa shape index (κ2) is 6.63. The molecule has 0 spiro atoms. The summed E-state index contributed by atoms with van der Waals surface area (Å²) in [6, 6.07) is 9.01. The quantitative estimate of drug-likeness (QED) is 0.428. The highest BCUT2D eigenvalue weighted by Gasteiger charge is 2.48. The Morgan fingerprint density at radius 1 is 0.731 bits per heavy atom. The summed E-state index contributed by atoms with van der Waals surface area (Å²) < 4.78 is 80.7. The van der Waals surface area contributed by atoms with Crippen LogP contribution in [0.15, 0.2) is 30.3 Å². The molecule has 4 rings (SSSR count). The molecule has 0 aromatic heterocycles. The van der Waals surface area contributed by atoms with E-state index in [9.17, 15) is 22.0 Å². The summed E-state index contributed by atoms with van der Waals surface area (Å²) in [4.78, 5) is 0. The number of hydrogen-bond donors (Lipinski definition) is 0. The summed E-state index contributed by atoms with van der Waals surface area (Å²) in [5.74, 6) is -10.4. The highest BCUT2D eigenvalue weighted by atomic mass is 19.2. The predicted octanol–water partition coefficient (Wildman–Crippen LogP) is 4.85. The van der Waals surface area contributed by atoms with Gasteiger partial charge in [-0.1, -0.05) is 30.3 Å².